The Hall–Kier alpha value is -6.08. The number of benzene rings is 7. The van der Waals surface area contributed by atoms with Gasteiger partial charge in [-0.15, -0.1) is 0 Å². The van der Waals surface area contributed by atoms with Crippen LogP contribution in [0.1, 0.15) is 62.5 Å². The van der Waals surface area contributed by atoms with Crippen molar-refractivity contribution in [1.29, 1.82) is 0 Å². The normalized spacial score (nSPS) is 17.5. The third-order valence-electron chi connectivity index (χ3n) is 12.0. The van der Waals surface area contributed by atoms with Gasteiger partial charge in [-0.1, -0.05) is 148 Å². The highest BCUT2D eigenvalue weighted by atomic mass is 16.3. The number of nitrogens with zero attached hydrogens (tertiary/aromatic N) is 2. The molecule has 0 bridgehead atoms. The summed E-state index contributed by atoms with van der Waals surface area (Å²) in [6.45, 7) is 6.52. The molecule has 1 aliphatic rings. The van der Waals surface area contributed by atoms with Crippen LogP contribution in [-0.4, -0.2) is 35.5 Å². The second-order valence-electron chi connectivity index (χ2n) is 15.6. The second-order valence-corrected chi connectivity index (χ2v) is 15.6. The van der Waals surface area contributed by atoms with Gasteiger partial charge in [-0.2, -0.15) is 0 Å². The van der Waals surface area contributed by atoms with Crippen molar-refractivity contribution in [3.05, 3.63) is 169 Å². The van der Waals surface area contributed by atoms with Crippen LogP contribution < -0.4 is 21.3 Å². The van der Waals surface area contributed by atoms with Crippen LogP contribution in [0.5, 0.6) is 0 Å². The van der Waals surface area contributed by atoms with E-state index in [4.69, 9.17) is 11.5 Å². The van der Waals surface area contributed by atoms with Gasteiger partial charge in [-0.25, -0.2) is 0 Å². The minimum absolute atomic E-state index is 0.508. The van der Waals surface area contributed by atoms with E-state index >= 15 is 0 Å². The number of fused-ring (bicyclic) bond motifs is 1. The average Bonchev–Trinajstić information content (AvgIpc) is 3.26. The standard InChI is InChI=1S/C52H54N4O2/c1-3-5-31-55(32-6-4-2)38-26-29-42-37(33-38)25-28-44(50(42)54)49-51(57)48(52(49)58)43-30-27-39(34-45(43)53)56(46-23-15-13-21-40(46)35-17-9-7-10-18-35)47-24-16-14-22-41(47)36-19-11-8-12-20-36/h7-30,33-34,48-49,51-52,57-58H,3-6,31-32,53-54H2,1-2H3. The Bertz CT molecular complexity index is 2390. The molecule has 6 nitrogen and oxygen atoms in total. The van der Waals surface area contributed by atoms with Gasteiger partial charge in [0, 0.05) is 64.2 Å². The smallest absolute Gasteiger partial charge is 0.0728 e. The maximum atomic E-state index is 11.8. The molecule has 58 heavy (non-hydrogen) atoms. The lowest BCUT2D eigenvalue weighted by atomic mass is 9.62. The molecule has 0 radical (unpaired) electrons. The summed E-state index contributed by atoms with van der Waals surface area (Å²) in [5.74, 6) is -1.10. The maximum Gasteiger partial charge on any atom is 0.0728 e. The van der Waals surface area contributed by atoms with Crippen molar-refractivity contribution in [2.24, 2.45) is 0 Å². The van der Waals surface area contributed by atoms with E-state index in [1.165, 1.54) is 5.69 Å². The molecule has 7 aromatic rings. The molecular formula is C52H54N4O2. The Labute approximate surface area is 343 Å². The molecule has 6 heteroatoms. The topological polar surface area (TPSA) is 99.0 Å². The van der Waals surface area contributed by atoms with Crippen molar-refractivity contribution < 1.29 is 10.2 Å². The van der Waals surface area contributed by atoms with E-state index in [0.717, 1.165) is 100.0 Å². The third kappa shape index (κ3) is 7.42. The number of anilines is 6. The Morgan fingerprint density at radius 3 is 1.57 bits per heavy atom. The zero-order valence-corrected chi connectivity index (χ0v) is 33.5. The monoisotopic (exact) mass is 766 g/mol. The summed E-state index contributed by atoms with van der Waals surface area (Å²) in [5.41, 5.74) is 24.9. The predicted octanol–water partition coefficient (Wildman–Crippen LogP) is 11.8. The van der Waals surface area contributed by atoms with E-state index in [1.807, 2.05) is 36.4 Å². The van der Waals surface area contributed by atoms with Crippen LogP contribution in [0.3, 0.4) is 0 Å². The number of hydrogen-bond donors (Lipinski definition) is 4. The van der Waals surface area contributed by atoms with Crippen LogP contribution in [0.2, 0.25) is 0 Å². The number of hydrogen-bond acceptors (Lipinski definition) is 6. The molecule has 0 spiro atoms. The lowest BCUT2D eigenvalue weighted by molar-refractivity contribution is -0.0780. The summed E-state index contributed by atoms with van der Waals surface area (Å²) >= 11 is 0. The lowest BCUT2D eigenvalue weighted by Gasteiger charge is -2.47. The number of aliphatic hydroxyl groups excluding tert-OH is 2. The van der Waals surface area contributed by atoms with Crippen LogP contribution in [-0.2, 0) is 0 Å². The second kappa shape index (κ2) is 17.2. The molecule has 7 aromatic carbocycles. The first-order chi connectivity index (χ1) is 28.4. The number of aliphatic hydroxyl groups is 2. The summed E-state index contributed by atoms with van der Waals surface area (Å²) < 4.78 is 0. The molecule has 0 amide bonds. The van der Waals surface area contributed by atoms with Gasteiger partial charge >= 0.3 is 0 Å². The number of rotatable bonds is 14. The summed E-state index contributed by atoms with van der Waals surface area (Å²) in [5, 5.41) is 25.6. The number of unbranched alkanes of at least 4 members (excludes halogenated alkanes) is 2. The number of nitrogen functional groups attached to an aromatic ring is 2. The Morgan fingerprint density at radius 2 is 1.02 bits per heavy atom. The molecule has 8 rings (SSSR count). The van der Waals surface area contributed by atoms with Crippen molar-refractivity contribution in [3.63, 3.8) is 0 Å². The summed E-state index contributed by atoms with van der Waals surface area (Å²) in [6, 6.07) is 54.2. The molecule has 0 saturated heterocycles. The fraction of sp³-hybridized carbons (Fsp3) is 0.231. The van der Waals surface area contributed by atoms with E-state index < -0.39 is 24.0 Å². The van der Waals surface area contributed by atoms with Gasteiger partial charge < -0.3 is 31.5 Å². The predicted molar refractivity (Wildman–Crippen MR) is 244 cm³/mol. The number of para-hydroxylation sites is 2. The van der Waals surface area contributed by atoms with Gasteiger partial charge in [0.05, 0.1) is 23.6 Å². The molecule has 0 aromatic heterocycles. The van der Waals surface area contributed by atoms with Gasteiger partial charge in [-0.3, -0.25) is 0 Å². The minimum Gasteiger partial charge on any atom is -0.398 e. The Kier molecular flexibility index (Phi) is 11.5. The molecule has 1 saturated carbocycles. The molecular weight excluding hydrogens is 713 g/mol. The zero-order valence-electron chi connectivity index (χ0n) is 33.5. The van der Waals surface area contributed by atoms with Crippen molar-refractivity contribution in [2.75, 3.05) is 34.4 Å². The van der Waals surface area contributed by atoms with Gasteiger partial charge in [-0.05, 0) is 76.9 Å². The first-order valence-corrected chi connectivity index (χ1v) is 20.8. The largest absolute Gasteiger partial charge is 0.398 e. The minimum atomic E-state index is -0.866. The third-order valence-corrected chi connectivity index (χ3v) is 12.0. The molecule has 2 unspecified atom stereocenters. The van der Waals surface area contributed by atoms with Crippen LogP contribution in [0.15, 0.2) is 158 Å². The van der Waals surface area contributed by atoms with Gasteiger partial charge in [0.25, 0.3) is 0 Å². The SMILES string of the molecule is CCCCN(CCCC)c1ccc2c(N)c(C3C(O)C(c4ccc(N(c5ccccc5-c5ccccc5)c5ccccc5-c5ccccc5)cc4N)C3O)ccc2c1. The Balaban J connectivity index is 1.13. The van der Waals surface area contributed by atoms with E-state index in [-0.39, 0.29) is 0 Å². The van der Waals surface area contributed by atoms with E-state index in [2.05, 4.69) is 145 Å². The highest BCUT2D eigenvalue weighted by Gasteiger charge is 2.51. The summed E-state index contributed by atoms with van der Waals surface area (Å²) in [4.78, 5) is 4.73. The molecule has 6 N–H and O–H groups in total. The molecule has 0 aliphatic heterocycles. The summed E-state index contributed by atoms with van der Waals surface area (Å²) in [7, 11) is 0. The molecule has 0 heterocycles. The van der Waals surface area contributed by atoms with E-state index in [9.17, 15) is 10.2 Å². The average molecular weight is 767 g/mol. The molecule has 1 fully saturated rings. The van der Waals surface area contributed by atoms with E-state index in [0.29, 0.717) is 11.4 Å². The first kappa shape index (κ1) is 38.8. The Morgan fingerprint density at radius 1 is 0.517 bits per heavy atom. The quantitative estimate of drug-likeness (QED) is 0.0823. The highest BCUT2D eigenvalue weighted by molar-refractivity contribution is 5.97. The van der Waals surface area contributed by atoms with Gasteiger partial charge in [0.15, 0.2) is 0 Å². The van der Waals surface area contributed by atoms with Crippen molar-refractivity contribution >= 4 is 44.9 Å². The van der Waals surface area contributed by atoms with Crippen molar-refractivity contribution in [2.45, 2.75) is 63.6 Å². The highest BCUT2D eigenvalue weighted by Crippen LogP contribution is 2.53. The van der Waals surface area contributed by atoms with Gasteiger partial charge in [0.1, 0.15) is 0 Å². The summed E-state index contributed by atoms with van der Waals surface area (Å²) in [6.07, 6.45) is 2.87. The lowest BCUT2D eigenvalue weighted by Crippen LogP contribution is -2.52. The fourth-order valence-corrected chi connectivity index (χ4v) is 8.83. The molecule has 294 valence electrons. The fourth-order valence-electron chi connectivity index (χ4n) is 8.83. The molecule has 1 aliphatic carbocycles. The van der Waals surface area contributed by atoms with Crippen LogP contribution >= 0.6 is 0 Å². The van der Waals surface area contributed by atoms with Crippen molar-refractivity contribution in [3.8, 4) is 22.3 Å². The molecule has 2 atom stereocenters. The number of nitrogens with two attached hydrogens (primary N) is 2. The van der Waals surface area contributed by atoms with Crippen LogP contribution in [0.4, 0.5) is 34.1 Å². The van der Waals surface area contributed by atoms with Crippen LogP contribution in [0, 0.1) is 0 Å². The maximum absolute atomic E-state index is 11.8. The zero-order chi connectivity index (χ0) is 40.2. The van der Waals surface area contributed by atoms with Crippen LogP contribution in [0.25, 0.3) is 33.0 Å². The van der Waals surface area contributed by atoms with E-state index in [1.54, 1.807) is 0 Å². The van der Waals surface area contributed by atoms with Crippen molar-refractivity contribution in [1.82, 2.24) is 0 Å². The first-order valence-electron chi connectivity index (χ1n) is 20.8. The van der Waals surface area contributed by atoms with Gasteiger partial charge in [0.2, 0.25) is 0 Å².